The maximum atomic E-state index is 13.4. The van der Waals surface area contributed by atoms with E-state index in [1.165, 1.54) is 12.6 Å². The first-order valence-corrected chi connectivity index (χ1v) is 5.64. The molecule has 0 amide bonds. The minimum Gasteiger partial charge on any atom is -0.305 e. The lowest BCUT2D eigenvalue weighted by atomic mass is 10.2. The van der Waals surface area contributed by atoms with Gasteiger partial charge in [-0.15, -0.1) is 0 Å². The third-order valence-corrected chi connectivity index (χ3v) is 3.23. The predicted octanol–water partition coefficient (Wildman–Crippen LogP) is 1.36. The largest absolute Gasteiger partial charge is 0.305 e. The van der Waals surface area contributed by atoms with Crippen LogP contribution in [0.3, 0.4) is 0 Å². The minimum atomic E-state index is -0.198. The van der Waals surface area contributed by atoms with E-state index < -0.39 is 0 Å². The molecule has 1 aromatic heterocycles. The molecule has 0 bridgehead atoms. The number of hydrogen-bond acceptors (Lipinski definition) is 3. The zero-order valence-corrected chi connectivity index (χ0v) is 9.86. The lowest BCUT2D eigenvalue weighted by Crippen LogP contribution is -2.31. The van der Waals surface area contributed by atoms with Crippen molar-refractivity contribution in [2.75, 3.05) is 27.2 Å². The summed E-state index contributed by atoms with van der Waals surface area (Å²) >= 11 is 0. The van der Waals surface area contributed by atoms with Gasteiger partial charge in [-0.05, 0) is 26.6 Å². The number of rotatable bonds is 3. The first-order valence-electron chi connectivity index (χ1n) is 5.64. The molecule has 0 radical (unpaired) electrons. The van der Waals surface area contributed by atoms with Crippen LogP contribution in [0.5, 0.6) is 0 Å². The Morgan fingerprint density at radius 1 is 1.56 bits per heavy atom. The Labute approximate surface area is 95.9 Å². The molecule has 0 saturated carbocycles. The number of pyridine rings is 1. The van der Waals surface area contributed by atoms with E-state index in [2.05, 4.69) is 28.9 Å². The Bertz CT molecular complexity index is 354. The van der Waals surface area contributed by atoms with Gasteiger partial charge < -0.3 is 4.90 Å². The highest BCUT2D eigenvalue weighted by atomic mass is 19.1. The van der Waals surface area contributed by atoms with Crippen LogP contribution >= 0.6 is 0 Å². The van der Waals surface area contributed by atoms with Crippen molar-refractivity contribution in [1.82, 2.24) is 14.8 Å². The molecule has 0 aromatic carbocycles. The quantitative estimate of drug-likeness (QED) is 0.771. The average Bonchev–Trinajstić information content (AvgIpc) is 2.70. The van der Waals surface area contributed by atoms with Gasteiger partial charge >= 0.3 is 0 Å². The van der Waals surface area contributed by atoms with Crippen LogP contribution in [0.1, 0.15) is 12.0 Å². The molecule has 1 aromatic rings. The maximum Gasteiger partial charge on any atom is 0.145 e. The van der Waals surface area contributed by atoms with Gasteiger partial charge in [0, 0.05) is 37.4 Å². The number of likely N-dealkylation sites (tertiary alicyclic amines) is 1. The van der Waals surface area contributed by atoms with Crippen molar-refractivity contribution in [2.45, 2.75) is 19.0 Å². The Morgan fingerprint density at radius 3 is 3.00 bits per heavy atom. The SMILES string of the molecule is CN(C)[C@@H]1CCN(Cc2ccncc2F)C1. The second-order valence-corrected chi connectivity index (χ2v) is 4.61. The zero-order valence-electron chi connectivity index (χ0n) is 9.86. The summed E-state index contributed by atoms with van der Waals surface area (Å²) in [6.07, 6.45) is 4.10. The molecule has 4 heteroatoms. The highest BCUT2D eigenvalue weighted by Gasteiger charge is 2.24. The van der Waals surface area contributed by atoms with Gasteiger partial charge in [-0.1, -0.05) is 0 Å². The Morgan fingerprint density at radius 2 is 2.38 bits per heavy atom. The van der Waals surface area contributed by atoms with Crippen LogP contribution in [0.4, 0.5) is 4.39 Å². The summed E-state index contributed by atoms with van der Waals surface area (Å²) in [5.74, 6) is -0.198. The molecular weight excluding hydrogens is 205 g/mol. The van der Waals surface area contributed by atoms with E-state index in [0.717, 1.165) is 18.7 Å². The first-order chi connectivity index (χ1) is 7.66. The Kier molecular flexibility index (Phi) is 3.51. The molecule has 3 nitrogen and oxygen atoms in total. The van der Waals surface area contributed by atoms with Crippen LogP contribution in [0.15, 0.2) is 18.5 Å². The average molecular weight is 223 g/mol. The summed E-state index contributed by atoms with van der Waals surface area (Å²) < 4.78 is 13.4. The molecule has 0 aliphatic carbocycles. The topological polar surface area (TPSA) is 19.4 Å². The molecule has 1 aliphatic rings. The molecule has 1 atom stereocenters. The van der Waals surface area contributed by atoms with Gasteiger partial charge in [0.05, 0.1) is 6.20 Å². The van der Waals surface area contributed by atoms with E-state index in [1.807, 2.05) is 0 Å². The second-order valence-electron chi connectivity index (χ2n) is 4.61. The molecule has 1 saturated heterocycles. The van der Waals surface area contributed by atoms with E-state index in [9.17, 15) is 4.39 Å². The third-order valence-electron chi connectivity index (χ3n) is 3.23. The summed E-state index contributed by atoms with van der Waals surface area (Å²) in [7, 11) is 4.20. The molecule has 0 N–H and O–H groups in total. The number of likely N-dealkylation sites (N-methyl/N-ethyl adjacent to an activating group) is 1. The van der Waals surface area contributed by atoms with Crippen LogP contribution in [0, 0.1) is 5.82 Å². The summed E-state index contributed by atoms with van der Waals surface area (Å²) in [6, 6.07) is 2.36. The van der Waals surface area contributed by atoms with Gasteiger partial charge in [0.1, 0.15) is 5.82 Å². The van der Waals surface area contributed by atoms with Gasteiger partial charge in [0.15, 0.2) is 0 Å². The fourth-order valence-corrected chi connectivity index (χ4v) is 2.15. The lowest BCUT2D eigenvalue weighted by Gasteiger charge is -2.20. The van der Waals surface area contributed by atoms with Crippen LogP contribution in [-0.4, -0.2) is 48.0 Å². The molecule has 2 rings (SSSR count). The Hall–Kier alpha value is -1.00. The van der Waals surface area contributed by atoms with Gasteiger partial charge in [0.2, 0.25) is 0 Å². The fourth-order valence-electron chi connectivity index (χ4n) is 2.15. The highest BCUT2D eigenvalue weighted by Crippen LogP contribution is 2.17. The van der Waals surface area contributed by atoms with E-state index in [4.69, 9.17) is 0 Å². The van der Waals surface area contributed by atoms with Crippen molar-refractivity contribution >= 4 is 0 Å². The number of halogens is 1. The minimum absolute atomic E-state index is 0.198. The highest BCUT2D eigenvalue weighted by molar-refractivity contribution is 5.12. The van der Waals surface area contributed by atoms with Crippen molar-refractivity contribution in [1.29, 1.82) is 0 Å². The smallest absolute Gasteiger partial charge is 0.145 e. The van der Waals surface area contributed by atoms with Gasteiger partial charge in [-0.25, -0.2) is 4.39 Å². The van der Waals surface area contributed by atoms with Crippen LogP contribution in [0.25, 0.3) is 0 Å². The van der Waals surface area contributed by atoms with Crippen LogP contribution in [-0.2, 0) is 6.54 Å². The molecule has 2 heterocycles. The van der Waals surface area contributed by atoms with Crippen molar-refractivity contribution in [2.24, 2.45) is 0 Å². The molecule has 0 spiro atoms. The standard InChI is InChI=1S/C12H18FN3/c1-15(2)11-4-6-16(9-11)8-10-3-5-14-7-12(10)13/h3,5,7,11H,4,6,8-9H2,1-2H3/t11-/m1/s1. The molecule has 1 fully saturated rings. The summed E-state index contributed by atoms with van der Waals surface area (Å²) in [5, 5.41) is 0. The van der Waals surface area contributed by atoms with Crippen molar-refractivity contribution in [3.63, 3.8) is 0 Å². The normalized spacial score (nSPS) is 21.9. The van der Waals surface area contributed by atoms with Crippen molar-refractivity contribution in [3.8, 4) is 0 Å². The zero-order chi connectivity index (χ0) is 11.5. The first kappa shape index (κ1) is 11.5. The van der Waals surface area contributed by atoms with E-state index >= 15 is 0 Å². The predicted molar refractivity (Wildman–Crippen MR) is 61.6 cm³/mol. The summed E-state index contributed by atoms with van der Waals surface area (Å²) in [4.78, 5) is 8.29. The van der Waals surface area contributed by atoms with E-state index in [-0.39, 0.29) is 5.82 Å². The Balaban J connectivity index is 1.95. The monoisotopic (exact) mass is 223 g/mol. The van der Waals surface area contributed by atoms with E-state index in [0.29, 0.717) is 12.6 Å². The van der Waals surface area contributed by atoms with E-state index in [1.54, 1.807) is 12.3 Å². The molecule has 1 aliphatic heterocycles. The summed E-state index contributed by atoms with van der Waals surface area (Å²) in [6.45, 7) is 2.76. The van der Waals surface area contributed by atoms with Crippen molar-refractivity contribution < 1.29 is 4.39 Å². The second kappa shape index (κ2) is 4.89. The lowest BCUT2D eigenvalue weighted by molar-refractivity contribution is 0.262. The molecule has 0 unspecified atom stereocenters. The number of nitrogens with zero attached hydrogens (tertiary/aromatic N) is 3. The van der Waals surface area contributed by atoms with Crippen LogP contribution in [0.2, 0.25) is 0 Å². The fraction of sp³-hybridized carbons (Fsp3) is 0.583. The van der Waals surface area contributed by atoms with Crippen LogP contribution < -0.4 is 0 Å². The van der Waals surface area contributed by atoms with Gasteiger partial charge in [-0.3, -0.25) is 9.88 Å². The number of aromatic nitrogens is 1. The molecule has 16 heavy (non-hydrogen) atoms. The molecular formula is C12H18FN3. The maximum absolute atomic E-state index is 13.4. The van der Waals surface area contributed by atoms with Gasteiger partial charge in [0.25, 0.3) is 0 Å². The number of hydrogen-bond donors (Lipinski definition) is 0. The molecule has 88 valence electrons. The van der Waals surface area contributed by atoms with Gasteiger partial charge in [-0.2, -0.15) is 0 Å². The third kappa shape index (κ3) is 2.57. The van der Waals surface area contributed by atoms with Crippen molar-refractivity contribution in [3.05, 3.63) is 29.8 Å². The summed E-state index contributed by atoms with van der Waals surface area (Å²) in [5.41, 5.74) is 0.745.